The zero-order valence-electron chi connectivity index (χ0n) is 10.5. The second-order valence-electron chi connectivity index (χ2n) is 4.46. The number of nitrogens with zero attached hydrogens (tertiary/aromatic N) is 3. The highest BCUT2D eigenvalue weighted by molar-refractivity contribution is 7.99. The van der Waals surface area contributed by atoms with E-state index >= 15 is 0 Å². The van der Waals surface area contributed by atoms with Crippen molar-refractivity contribution in [3.05, 3.63) is 20.7 Å². The Kier molecular flexibility index (Phi) is 4.39. The van der Waals surface area contributed by atoms with E-state index in [9.17, 15) is 9.59 Å². The van der Waals surface area contributed by atoms with Crippen LogP contribution in [0.25, 0.3) is 0 Å². The first-order valence-electron chi connectivity index (χ1n) is 6.06. The number of H-pyrrole nitrogens is 1. The predicted octanol–water partition coefficient (Wildman–Crippen LogP) is -0.405. The summed E-state index contributed by atoms with van der Waals surface area (Å²) in [6.45, 7) is 0. The average Bonchev–Trinajstić information content (AvgIpc) is 3.18. The predicted molar refractivity (Wildman–Crippen MR) is 71.0 cm³/mol. The van der Waals surface area contributed by atoms with Gasteiger partial charge in [0.1, 0.15) is 0 Å². The van der Waals surface area contributed by atoms with Gasteiger partial charge < -0.3 is 0 Å². The topological polar surface area (TPSA) is 104 Å². The van der Waals surface area contributed by atoms with Gasteiger partial charge in [-0.15, -0.1) is 0 Å². The number of hydrogen-bond acceptors (Lipinski definition) is 6. The summed E-state index contributed by atoms with van der Waals surface area (Å²) in [5.41, 5.74) is -1.51. The van der Waals surface area contributed by atoms with Crippen molar-refractivity contribution in [3.63, 3.8) is 0 Å². The first kappa shape index (κ1) is 13.8. The van der Waals surface area contributed by atoms with Crippen LogP contribution in [0.3, 0.4) is 0 Å². The number of aromatic nitrogens is 3. The van der Waals surface area contributed by atoms with E-state index in [0.717, 1.165) is 12.8 Å². The minimum atomic E-state index is -0.784. The highest BCUT2D eigenvalue weighted by Gasteiger charge is 2.24. The fourth-order valence-electron chi connectivity index (χ4n) is 1.58. The van der Waals surface area contributed by atoms with Gasteiger partial charge in [-0.05, 0) is 19.3 Å². The number of aryl methyl sites for hydroxylation is 1. The number of thioether (sulfide) groups is 1. The summed E-state index contributed by atoms with van der Waals surface area (Å²) >= 11 is 1.35. The van der Waals surface area contributed by atoms with Crippen molar-refractivity contribution < 1.29 is 0 Å². The van der Waals surface area contributed by atoms with Crippen LogP contribution in [0.1, 0.15) is 19.3 Å². The quantitative estimate of drug-likeness (QED) is 0.543. The van der Waals surface area contributed by atoms with Crippen molar-refractivity contribution in [3.8, 4) is 6.07 Å². The van der Waals surface area contributed by atoms with Gasteiger partial charge in [0, 0.05) is 18.8 Å². The number of hydrogen-bond donors (Lipinski definition) is 2. The second kappa shape index (κ2) is 6.04. The molecule has 0 bridgehead atoms. The van der Waals surface area contributed by atoms with Gasteiger partial charge in [-0.25, -0.2) is 0 Å². The van der Waals surface area contributed by atoms with Crippen molar-refractivity contribution in [1.82, 2.24) is 20.1 Å². The van der Waals surface area contributed by atoms with Crippen LogP contribution in [-0.2, 0) is 7.05 Å². The van der Waals surface area contributed by atoms with Gasteiger partial charge in [-0.2, -0.15) is 10.2 Å². The van der Waals surface area contributed by atoms with E-state index in [4.69, 9.17) is 5.26 Å². The summed E-state index contributed by atoms with van der Waals surface area (Å²) in [5, 5.41) is 15.1. The molecule has 1 aliphatic carbocycles. The maximum atomic E-state index is 11.2. The SMILES string of the molecule is Cn1[nH]c(=O)c(=O)nc1SCCC(C#N)NC1CC1. The lowest BCUT2D eigenvalue weighted by Gasteiger charge is -2.10. The Morgan fingerprint density at radius 3 is 3.00 bits per heavy atom. The smallest absolute Gasteiger partial charge is 0.299 e. The monoisotopic (exact) mass is 281 g/mol. The lowest BCUT2D eigenvalue weighted by Crippen LogP contribution is -2.34. The highest BCUT2D eigenvalue weighted by atomic mass is 32.2. The van der Waals surface area contributed by atoms with Crippen LogP contribution in [0, 0.1) is 11.3 Å². The first-order valence-corrected chi connectivity index (χ1v) is 7.04. The largest absolute Gasteiger partial charge is 0.339 e. The maximum Gasteiger partial charge on any atom is 0.339 e. The van der Waals surface area contributed by atoms with Crippen molar-refractivity contribution >= 4 is 11.8 Å². The molecule has 1 aromatic heterocycles. The van der Waals surface area contributed by atoms with Gasteiger partial charge >= 0.3 is 11.1 Å². The Balaban J connectivity index is 1.88. The molecule has 0 amide bonds. The highest BCUT2D eigenvalue weighted by Crippen LogP contribution is 2.21. The lowest BCUT2D eigenvalue weighted by molar-refractivity contribution is 0.581. The number of rotatable bonds is 6. The van der Waals surface area contributed by atoms with E-state index in [1.165, 1.54) is 16.4 Å². The van der Waals surface area contributed by atoms with E-state index in [1.54, 1.807) is 7.05 Å². The van der Waals surface area contributed by atoms with Crippen molar-refractivity contribution in [2.75, 3.05) is 5.75 Å². The molecule has 0 saturated heterocycles. The molecule has 0 aromatic carbocycles. The van der Waals surface area contributed by atoms with E-state index in [-0.39, 0.29) is 6.04 Å². The summed E-state index contributed by atoms with van der Waals surface area (Å²) in [5.74, 6) is 0.657. The molecule has 2 N–H and O–H groups in total. The van der Waals surface area contributed by atoms with Gasteiger partial charge in [-0.3, -0.25) is 24.7 Å². The first-order chi connectivity index (χ1) is 9.10. The molecule has 0 aliphatic heterocycles. The van der Waals surface area contributed by atoms with Crippen molar-refractivity contribution in [2.24, 2.45) is 7.05 Å². The van der Waals surface area contributed by atoms with Crippen LogP contribution in [0.4, 0.5) is 0 Å². The summed E-state index contributed by atoms with van der Waals surface area (Å²) in [6, 6.07) is 2.55. The van der Waals surface area contributed by atoms with Gasteiger partial charge in [0.25, 0.3) is 0 Å². The Labute approximate surface area is 114 Å². The third-order valence-corrected chi connectivity index (χ3v) is 3.82. The Morgan fingerprint density at radius 2 is 2.37 bits per heavy atom. The molecule has 102 valence electrons. The number of nitrogens with one attached hydrogen (secondary N) is 2. The minimum Gasteiger partial charge on any atom is -0.299 e. The number of nitriles is 1. The number of aromatic amines is 1. The van der Waals surface area contributed by atoms with Gasteiger partial charge in [0.2, 0.25) is 0 Å². The molecule has 1 atom stereocenters. The van der Waals surface area contributed by atoms with Crippen molar-refractivity contribution in [2.45, 2.75) is 36.5 Å². The summed E-state index contributed by atoms with van der Waals surface area (Å²) in [6.07, 6.45) is 2.95. The molecule has 2 rings (SSSR count). The second-order valence-corrected chi connectivity index (χ2v) is 5.52. The summed E-state index contributed by atoms with van der Waals surface area (Å²) < 4.78 is 1.42. The molecule has 1 heterocycles. The lowest BCUT2D eigenvalue weighted by atomic mass is 10.2. The normalized spacial score (nSPS) is 16.0. The zero-order chi connectivity index (χ0) is 13.8. The molecule has 19 heavy (non-hydrogen) atoms. The standard InChI is InChI=1S/C11H15N5O2S/c1-16-11(14-9(17)10(18)15-16)19-5-4-8(6-12)13-7-2-3-7/h7-8,13H,2-5H2,1H3,(H,15,18). The zero-order valence-corrected chi connectivity index (χ0v) is 11.4. The van der Waals surface area contributed by atoms with Gasteiger partial charge in [0.15, 0.2) is 5.16 Å². The van der Waals surface area contributed by atoms with Gasteiger partial charge in [0.05, 0.1) is 12.1 Å². The fraction of sp³-hybridized carbons (Fsp3) is 0.636. The molecule has 1 saturated carbocycles. The van der Waals surface area contributed by atoms with Crippen LogP contribution in [-0.4, -0.2) is 32.6 Å². The maximum absolute atomic E-state index is 11.2. The average molecular weight is 281 g/mol. The third-order valence-electron chi connectivity index (χ3n) is 2.76. The Morgan fingerprint density at radius 1 is 1.63 bits per heavy atom. The molecule has 8 heteroatoms. The van der Waals surface area contributed by atoms with Gasteiger partial charge in [-0.1, -0.05) is 11.8 Å². The molecule has 1 aromatic rings. The third kappa shape index (κ3) is 3.94. The molecule has 1 unspecified atom stereocenters. The Bertz CT molecular complexity index is 598. The molecule has 0 radical (unpaired) electrons. The van der Waals surface area contributed by atoms with E-state index in [0.29, 0.717) is 23.4 Å². The fourth-order valence-corrected chi connectivity index (χ4v) is 2.50. The van der Waals surface area contributed by atoms with Crippen LogP contribution in [0.5, 0.6) is 0 Å². The molecule has 7 nitrogen and oxygen atoms in total. The van der Waals surface area contributed by atoms with Crippen LogP contribution >= 0.6 is 11.8 Å². The molecular weight excluding hydrogens is 266 g/mol. The molecule has 0 spiro atoms. The summed E-state index contributed by atoms with van der Waals surface area (Å²) in [4.78, 5) is 25.9. The van der Waals surface area contributed by atoms with E-state index in [1.807, 2.05) is 0 Å². The van der Waals surface area contributed by atoms with E-state index in [2.05, 4.69) is 21.5 Å². The summed E-state index contributed by atoms with van der Waals surface area (Å²) in [7, 11) is 1.63. The van der Waals surface area contributed by atoms with Crippen LogP contribution in [0.2, 0.25) is 0 Å². The molecular formula is C11H15N5O2S. The van der Waals surface area contributed by atoms with Crippen molar-refractivity contribution in [1.29, 1.82) is 5.26 Å². The minimum absolute atomic E-state index is 0.167. The van der Waals surface area contributed by atoms with Crippen LogP contribution < -0.4 is 16.4 Å². The molecule has 1 aliphatic rings. The molecule has 1 fully saturated rings. The van der Waals surface area contributed by atoms with Crippen LogP contribution in [0.15, 0.2) is 14.7 Å². The van der Waals surface area contributed by atoms with E-state index < -0.39 is 11.1 Å². The Hall–Kier alpha value is -1.59.